The van der Waals surface area contributed by atoms with Gasteiger partial charge < -0.3 is 10.2 Å². The summed E-state index contributed by atoms with van der Waals surface area (Å²) in [5.41, 5.74) is 1.38. The van der Waals surface area contributed by atoms with Gasteiger partial charge in [0.2, 0.25) is 5.16 Å². The highest BCUT2D eigenvalue weighted by atomic mass is 32.2. The highest BCUT2D eigenvalue weighted by Crippen LogP contribution is 2.33. The molecule has 2 N–H and O–H groups in total. The van der Waals surface area contributed by atoms with E-state index in [4.69, 9.17) is 0 Å². The normalized spacial score (nSPS) is 12.5. The smallest absolute Gasteiger partial charge is 0.327 e. The number of carbonyl (C=O) groups excluding carboxylic acids is 1. The Bertz CT molecular complexity index is 1420. The number of benzene rings is 2. The molecular weight excluding hydrogens is 469 g/mol. The van der Waals surface area contributed by atoms with E-state index in [-0.39, 0.29) is 10.7 Å². The van der Waals surface area contributed by atoms with Crippen LogP contribution in [-0.2, 0) is 17.0 Å². The predicted molar refractivity (Wildman–Crippen MR) is 123 cm³/mol. The van der Waals surface area contributed by atoms with Gasteiger partial charge in [0.1, 0.15) is 0 Å². The Morgan fingerprint density at radius 2 is 1.94 bits per heavy atom. The molecule has 0 saturated carbocycles. The van der Waals surface area contributed by atoms with Crippen LogP contribution in [0.25, 0.3) is 11.0 Å². The van der Waals surface area contributed by atoms with Crippen molar-refractivity contribution in [1.82, 2.24) is 20.2 Å². The molecule has 4 aromatic rings. The van der Waals surface area contributed by atoms with Crippen LogP contribution >= 0.6 is 0 Å². The number of nitrogens with one attached hydrogen (secondary N) is 2. The third kappa shape index (κ3) is 4.62. The molecule has 0 aliphatic rings. The SMILES string of the molecule is Cc1ccc(NC(=O)c2cccc(C(F)(F)F)c2)cc1N(C)c1n[nH]c2nc(S(C)=O)ncc12. The Hall–Kier alpha value is -3.80. The fourth-order valence-electron chi connectivity index (χ4n) is 3.38. The summed E-state index contributed by atoms with van der Waals surface area (Å²) in [6.07, 6.45) is -1.53. The van der Waals surface area contributed by atoms with E-state index in [1.807, 2.05) is 6.92 Å². The van der Waals surface area contributed by atoms with E-state index in [1.54, 1.807) is 30.1 Å². The van der Waals surface area contributed by atoms with Crippen LogP contribution in [0, 0.1) is 6.92 Å². The molecule has 176 valence electrons. The molecule has 0 saturated heterocycles. The van der Waals surface area contributed by atoms with Crippen LogP contribution in [0.15, 0.2) is 53.8 Å². The van der Waals surface area contributed by atoms with Crippen molar-refractivity contribution in [1.29, 1.82) is 0 Å². The lowest BCUT2D eigenvalue weighted by Gasteiger charge is -2.20. The highest BCUT2D eigenvalue weighted by molar-refractivity contribution is 7.84. The molecule has 1 atom stereocenters. The molecule has 2 aromatic heterocycles. The van der Waals surface area contributed by atoms with Crippen LogP contribution in [0.2, 0.25) is 0 Å². The molecule has 0 radical (unpaired) electrons. The number of aromatic nitrogens is 4. The molecule has 34 heavy (non-hydrogen) atoms. The first-order valence-corrected chi connectivity index (χ1v) is 11.5. The van der Waals surface area contributed by atoms with Crippen molar-refractivity contribution in [3.63, 3.8) is 0 Å². The minimum absolute atomic E-state index is 0.107. The number of rotatable bonds is 5. The van der Waals surface area contributed by atoms with Crippen molar-refractivity contribution in [3.05, 3.63) is 65.4 Å². The average molecular weight is 488 g/mol. The van der Waals surface area contributed by atoms with Crippen molar-refractivity contribution in [2.45, 2.75) is 18.3 Å². The lowest BCUT2D eigenvalue weighted by molar-refractivity contribution is -0.137. The van der Waals surface area contributed by atoms with Gasteiger partial charge in [-0.05, 0) is 42.8 Å². The molecule has 2 aromatic carbocycles. The van der Waals surface area contributed by atoms with Gasteiger partial charge in [-0.15, -0.1) is 0 Å². The summed E-state index contributed by atoms with van der Waals surface area (Å²) < 4.78 is 50.6. The van der Waals surface area contributed by atoms with E-state index >= 15 is 0 Å². The minimum atomic E-state index is -4.54. The molecule has 8 nitrogen and oxygen atoms in total. The number of hydrogen-bond acceptors (Lipinski definition) is 6. The van der Waals surface area contributed by atoms with Crippen molar-refractivity contribution in [2.75, 3.05) is 23.5 Å². The van der Waals surface area contributed by atoms with Crippen molar-refractivity contribution in [2.24, 2.45) is 0 Å². The Kier molecular flexibility index (Phi) is 6.09. The number of fused-ring (bicyclic) bond motifs is 1. The lowest BCUT2D eigenvalue weighted by Crippen LogP contribution is -2.15. The second-order valence-corrected chi connectivity index (χ2v) is 8.78. The molecule has 2 heterocycles. The molecule has 12 heteroatoms. The van der Waals surface area contributed by atoms with E-state index in [9.17, 15) is 22.2 Å². The number of H-pyrrole nitrogens is 1. The largest absolute Gasteiger partial charge is 0.416 e. The summed E-state index contributed by atoms with van der Waals surface area (Å²) >= 11 is 0. The summed E-state index contributed by atoms with van der Waals surface area (Å²) in [7, 11) is 0.422. The summed E-state index contributed by atoms with van der Waals surface area (Å²) in [4.78, 5) is 22.7. The standard InChI is InChI=1S/C22H19F3N6O2S/c1-12-7-8-15(27-20(32)13-5-4-6-14(9-13)22(23,24)25)10-17(12)31(2)19-16-11-26-21(34(3)33)28-18(16)29-30-19/h4-11H,1-3H3,(H,27,32)(H,26,28,29,30). The maximum absolute atomic E-state index is 13.0. The average Bonchev–Trinajstić information content (AvgIpc) is 3.22. The van der Waals surface area contributed by atoms with E-state index in [0.717, 1.165) is 17.7 Å². The minimum Gasteiger partial charge on any atom is -0.327 e. The number of aryl methyl sites for hydroxylation is 1. The molecule has 1 unspecified atom stereocenters. The Labute approximate surface area is 194 Å². The summed E-state index contributed by atoms with van der Waals surface area (Å²) in [5.74, 6) is -0.157. The van der Waals surface area contributed by atoms with Gasteiger partial charge in [-0.25, -0.2) is 9.97 Å². The molecule has 0 spiro atoms. The lowest BCUT2D eigenvalue weighted by atomic mass is 10.1. The molecule has 4 rings (SSSR count). The zero-order chi connectivity index (χ0) is 24.6. The number of alkyl halides is 3. The maximum Gasteiger partial charge on any atom is 0.416 e. The highest BCUT2D eigenvalue weighted by Gasteiger charge is 2.31. The van der Waals surface area contributed by atoms with Gasteiger partial charge >= 0.3 is 6.18 Å². The summed E-state index contributed by atoms with van der Waals surface area (Å²) in [5, 5.41) is 10.5. The fourth-order valence-corrected chi connectivity index (χ4v) is 3.80. The molecule has 0 aliphatic heterocycles. The van der Waals surface area contributed by atoms with Crippen molar-refractivity contribution < 1.29 is 22.2 Å². The van der Waals surface area contributed by atoms with Crippen LogP contribution in [0.5, 0.6) is 0 Å². The number of amides is 1. The first-order valence-electron chi connectivity index (χ1n) is 9.92. The first-order chi connectivity index (χ1) is 16.0. The Balaban J connectivity index is 1.62. The van der Waals surface area contributed by atoms with Crippen LogP contribution in [0.3, 0.4) is 0 Å². The second-order valence-electron chi connectivity index (χ2n) is 7.51. The third-order valence-electron chi connectivity index (χ3n) is 5.13. The monoisotopic (exact) mass is 488 g/mol. The molecule has 1 amide bonds. The zero-order valence-corrected chi connectivity index (χ0v) is 19.1. The maximum atomic E-state index is 13.0. The Morgan fingerprint density at radius 3 is 2.65 bits per heavy atom. The first kappa shape index (κ1) is 23.4. The van der Waals surface area contributed by atoms with Gasteiger partial charge in [-0.2, -0.15) is 18.3 Å². The number of nitrogens with zero attached hydrogens (tertiary/aromatic N) is 4. The van der Waals surface area contributed by atoms with E-state index < -0.39 is 28.4 Å². The quantitative estimate of drug-likeness (QED) is 0.403. The van der Waals surface area contributed by atoms with E-state index in [1.165, 1.54) is 24.6 Å². The van der Waals surface area contributed by atoms with Crippen molar-refractivity contribution in [3.8, 4) is 0 Å². The molecular formula is C22H19F3N6O2S. The topological polar surface area (TPSA) is 104 Å². The van der Waals surface area contributed by atoms with Crippen LogP contribution < -0.4 is 10.2 Å². The predicted octanol–water partition coefficient (Wildman–Crippen LogP) is 4.44. The van der Waals surface area contributed by atoms with Gasteiger partial charge in [0.25, 0.3) is 5.91 Å². The summed E-state index contributed by atoms with van der Waals surface area (Å²) in [6, 6.07) is 9.36. The molecule has 0 bridgehead atoms. The zero-order valence-electron chi connectivity index (χ0n) is 18.3. The van der Waals surface area contributed by atoms with Gasteiger partial charge in [0.15, 0.2) is 11.5 Å². The number of anilines is 3. The summed E-state index contributed by atoms with van der Waals surface area (Å²) in [6.45, 7) is 1.87. The number of carbonyl (C=O) groups is 1. The number of aromatic amines is 1. The Morgan fingerprint density at radius 1 is 1.18 bits per heavy atom. The van der Waals surface area contributed by atoms with Gasteiger partial charge in [0, 0.05) is 36.4 Å². The third-order valence-corrected chi connectivity index (χ3v) is 5.84. The number of hydrogen-bond donors (Lipinski definition) is 2. The van der Waals surface area contributed by atoms with Gasteiger partial charge in [0.05, 0.1) is 21.7 Å². The second kappa shape index (κ2) is 8.86. The fraction of sp³-hybridized carbons (Fsp3) is 0.182. The van der Waals surface area contributed by atoms with Gasteiger partial charge in [-0.1, -0.05) is 12.1 Å². The van der Waals surface area contributed by atoms with E-state index in [0.29, 0.717) is 28.2 Å². The van der Waals surface area contributed by atoms with Crippen LogP contribution in [0.4, 0.5) is 30.4 Å². The van der Waals surface area contributed by atoms with Gasteiger partial charge in [-0.3, -0.25) is 14.1 Å². The molecule has 0 aliphatic carbocycles. The van der Waals surface area contributed by atoms with Crippen molar-refractivity contribution >= 4 is 44.9 Å². The number of halogens is 3. The van der Waals surface area contributed by atoms with Crippen LogP contribution in [-0.4, -0.2) is 43.6 Å². The van der Waals surface area contributed by atoms with E-state index in [2.05, 4.69) is 25.5 Å². The molecule has 0 fully saturated rings. The van der Waals surface area contributed by atoms with Crippen LogP contribution in [0.1, 0.15) is 21.5 Å².